The van der Waals surface area contributed by atoms with Crippen LogP contribution >= 0.6 is 0 Å². The summed E-state index contributed by atoms with van der Waals surface area (Å²) in [5.41, 5.74) is 0.381. The summed E-state index contributed by atoms with van der Waals surface area (Å²) in [6.45, 7) is 6.88. The minimum atomic E-state index is -0.891. The maximum Gasteiger partial charge on any atom is 0.240 e. The van der Waals surface area contributed by atoms with Gasteiger partial charge in [-0.2, -0.15) is 0 Å². The highest BCUT2D eigenvalue weighted by Gasteiger charge is 2.42. The van der Waals surface area contributed by atoms with Gasteiger partial charge in [-0.15, -0.1) is 0 Å². The zero-order valence-electron chi connectivity index (χ0n) is 18.3. The fourth-order valence-corrected chi connectivity index (χ4v) is 3.90. The maximum atomic E-state index is 13.2. The molecule has 8 heteroatoms. The van der Waals surface area contributed by atoms with Gasteiger partial charge in [0.15, 0.2) is 5.76 Å². The van der Waals surface area contributed by atoms with Gasteiger partial charge < -0.3 is 28.8 Å². The van der Waals surface area contributed by atoms with Crippen LogP contribution in [0.5, 0.6) is 11.5 Å². The highest BCUT2D eigenvalue weighted by molar-refractivity contribution is 6.14. The Kier molecular flexibility index (Phi) is 7.02. The molecule has 1 aromatic carbocycles. The maximum absolute atomic E-state index is 13.2. The molecule has 0 spiro atoms. The van der Waals surface area contributed by atoms with E-state index in [9.17, 15) is 14.7 Å². The van der Waals surface area contributed by atoms with E-state index in [-0.39, 0.29) is 11.3 Å². The number of furan rings is 1. The van der Waals surface area contributed by atoms with Crippen LogP contribution in [0.25, 0.3) is 0 Å². The van der Waals surface area contributed by atoms with Gasteiger partial charge in [-0.05, 0) is 49.9 Å². The van der Waals surface area contributed by atoms with Crippen LogP contribution in [0.4, 0.5) is 0 Å². The Morgan fingerprint density at radius 3 is 2.52 bits per heavy atom. The number of carbonyl (C=O) groups is 2. The second-order valence-corrected chi connectivity index (χ2v) is 7.27. The van der Waals surface area contributed by atoms with Gasteiger partial charge in [0.25, 0.3) is 0 Å². The summed E-state index contributed by atoms with van der Waals surface area (Å²) in [7, 11) is 3.03. The van der Waals surface area contributed by atoms with Crippen molar-refractivity contribution in [1.82, 2.24) is 4.90 Å². The lowest BCUT2D eigenvalue weighted by molar-refractivity contribution is -0.895. The average molecular weight is 428 g/mol. The lowest BCUT2D eigenvalue weighted by Gasteiger charge is -2.29. The predicted octanol–water partition coefficient (Wildman–Crippen LogP) is 0.602. The second-order valence-electron chi connectivity index (χ2n) is 7.27. The van der Waals surface area contributed by atoms with Gasteiger partial charge >= 0.3 is 0 Å². The standard InChI is InChI=1S/C23H28N2O6/c1-5-24(6-2)11-12-25-20(16-14-15(29-3)9-10-17(16)30-4)19(22(27)23(25)28)21(26)18-8-7-13-31-18/h7-10,13-14,20,27H,5-6,11-12H2,1-4H3. The number of likely N-dealkylation sites (N-methyl/N-ethyl adjacent to an activating group) is 1. The molecule has 0 fully saturated rings. The SMILES string of the molecule is CC[NH+](CC)CCN1C(=O)C([O-])=C(C(=O)c2ccco2)C1c1cc(OC)ccc1OC. The summed E-state index contributed by atoms with van der Waals surface area (Å²) in [6, 6.07) is 7.27. The Hall–Kier alpha value is -3.26. The van der Waals surface area contributed by atoms with Crippen molar-refractivity contribution in [2.75, 3.05) is 40.4 Å². The quantitative estimate of drug-likeness (QED) is 0.557. The van der Waals surface area contributed by atoms with E-state index in [1.54, 1.807) is 24.3 Å². The second kappa shape index (κ2) is 9.70. The van der Waals surface area contributed by atoms with Crippen molar-refractivity contribution in [3.63, 3.8) is 0 Å². The number of ketones is 1. The van der Waals surface area contributed by atoms with Gasteiger partial charge in [0.2, 0.25) is 11.7 Å². The molecule has 0 bridgehead atoms. The molecule has 0 radical (unpaired) electrons. The van der Waals surface area contributed by atoms with Crippen molar-refractivity contribution < 1.29 is 33.5 Å². The van der Waals surface area contributed by atoms with Gasteiger partial charge in [-0.25, -0.2) is 0 Å². The van der Waals surface area contributed by atoms with Crippen molar-refractivity contribution in [3.8, 4) is 11.5 Å². The third-order valence-electron chi connectivity index (χ3n) is 5.71. The van der Waals surface area contributed by atoms with Gasteiger partial charge in [-0.1, -0.05) is 0 Å². The lowest BCUT2D eigenvalue weighted by Crippen LogP contribution is -3.12. The number of hydrogen-bond acceptors (Lipinski definition) is 6. The summed E-state index contributed by atoms with van der Waals surface area (Å²) in [5.74, 6) is -1.11. The first-order chi connectivity index (χ1) is 15.0. The molecule has 0 aliphatic carbocycles. The molecule has 1 unspecified atom stereocenters. The van der Waals surface area contributed by atoms with E-state index < -0.39 is 23.5 Å². The number of nitrogens with one attached hydrogen (secondary N) is 1. The molecule has 2 heterocycles. The van der Waals surface area contributed by atoms with Crippen LogP contribution < -0.4 is 19.5 Å². The Bertz CT molecular complexity index is 962. The van der Waals surface area contributed by atoms with Crippen LogP contribution in [0.15, 0.2) is 52.3 Å². The van der Waals surface area contributed by atoms with Crippen molar-refractivity contribution in [2.45, 2.75) is 19.9 Å². The van der Waals surface area contributed by atoms with Gasteiger partial charge in [-0.3, -0.25) is 9.59 Å². The largest absolute Gasteiger partial charge is 0.868 e. The van der Waals surface area contributed by atoms with Crippen molar-refractivity contribution in [3.05, 3.63) is 59.3 Å². The van der Waals surface area contributed by atoms with Crippen LogP contribution in [0.2, 0.25) is 0 Å². The third-order valence-corrected chi connectivity index (χ3v) is 5.71. The molecule has 1 N–H and O–H groups in total. The Morgan fingerprint density at radius 2 is 1.94 bits per heavy atom. The first-order valence-electron chi connectivity index (χ1n) is 10.3. The Labute approximate surface area is 181 Å². The summed E-state index contributed by atoms with van der Waals surface area (Å²) in [6.07, 6.45) is 1.36. The predicted molar refractivity (Wildman–Crippen MR) is 111 cm³/mol. The number of ether oxygens (including phenoxy) is 2. The van der Waals surface area contributed by atoms with E-state index in [0.29, 0.717) is 30.2 Å². The summed E-state index contributed by atoms with van der Waals surface area (Å²) < 4.78 is 16.1. The van der Waals surface area contributed by atoms with Gasteiger partial charge in [0.1, 0.15) is 11.5 Å². The molecule has 2 aromatic rings. The molecule has 1 aromatic heterocycles. The van der Waals surface area contributed by atoms with Crippen LogP contribution in [0.1, 0.15) is 36.0 Å². The molecule has 1 aliphatic heterocycles. The number of methoxy groups -OCH3 is 2. The summed E-state index contributed by atoms with van der Waals surface area (Å²) in [5, 5.41) is 13.0. The number of amides is 1. The van der Waals surface area contributed by atoms with Gasteiger partial charge in [0.05, 0.1) is 52.7 Å². The molecule has 1 atom stereocenters. The smallest absolute Gasteiger partial charge is 0.240 e. The highest BCUT2D eigenvalue weighted by Crippen LogP contribution is 2.42. The molecular formula is C23H28N2O6. The highest BCUT2D eigenvalue weighted by atomic mass is 16.5. The number of quaternary nitrogens is 1. The molecule has 3 rings (SSSR count). The van der Waals surface area contributed by atoms with Crippen molar-refractivity contribution in [1.29, 1.82) is 0 Å². The van der Waals surface area contributed by atoms with Crippen molar-refractivity contribution in [2.24, 2.45) is 0 Å². The van der Waals surface area contributed by atoms with Crippen LogP contribution in [-0.4, -0.2) is 57.0 Å². The van der Waals surface area contributed by atoms with E-state index >= 15 is 0 Å². The number of rotatable bonds is 10. The average Bonchev–Trinajstić information content (AvgIpc) is 3.41. The number of carbonyl (C=O) groups excluding carboxylic acids is 2. The lowest BCUT2D eigenvalue weighted by atomic mass is 9.94. The van der Waals surface area contributed by atoms with Crippen LogP contribution in [0, 0.1) is 0 Å². The number of Topliss-reactive ketones (excluding diaryl/α,β-unsaturated/α-hetero) is 1. The van der Waals surface area contributed by atoms with Crippen molar-refractivity contribution >= 4 is 11.7 Å². The first kappa shape index (κ1) is 22.4. The molecule has 1 aliphatic rings. The Balaban J connectivity index is 2.11. The van der Waals surface area contributed by atoms with Crippen LogP contribution in [-0.2, 0) is 4.79 Å². The monoisotopic (exact) mass is 428 g/mol. The van der Waals surface area contributed by atoms with Crippen LogP contribution in [0.3, 0.4) is 0 Å². The molecular weight excluding hydrogens is 400 g/mol. The topological polar surface area (TPSA) is 96.5 Å². The zero-order valence-corrected chi connectivity index (χ0v) is 18.3. The zero-order chi connectivity index (χ0) is 22.5. The minimum absolute atomic E-state index is 0.0132. The van der Waals surface area contributed by atoms with E-state index in [4.69, 9.17) is 13.9 Å². The number of benzene rings is 1. The number of nitrogens with zero attached hydrogens (tertiary/aromatic N) is 1. The summed E-state index contributed by atoms with van der Waals surface area (Å²) in [4.78, 5) is 28.9. The van der Waals surface area contributed by atoms with E-state index in [2.05, 4.69) is 13.8 Å². The molecule has 1 amide bonds. The normalized spacial score (nSPS) is 16.4. The molecule has 166 valence electrons. The Morgan fingerprint density at radius 1 is 1.19 bits per heavy atom. The molecule has 31 heavy (non-hydrogen) atoms. The molecule has 0 saturated heterocycles. The molecule has 8 nitrogen and oxygen atoms in total. The van der Waals surface area contributed by atoms with Gasteiger partial charge in [0, 0.05) is 11.1 Å². The minimum Gasteiger partial charge on any atom is -0.868 e. The third kappa shape index (κ3) is 4.29. The van der Waals surface area contributed by atoms with E-state index in [1.807, 2.05) is 0 Å². The number of hydrogen-bond donors (Lipinski definition) is 1. The molecule has 0 saturated carbocycles. The summed E-state index contributed by atoms with van der Waals surface area (Å²) >= 11 is 0. The van der Waals surface area contributed by atoms with E-state index in [0.717, 1.165) is 13.1 Å². The fraction of sp³-hybridized carbons (Fsp3) is 0.391. The first-order valence-corrected chi connectivity index (χ1v) is 10.3. The fourth-order valence-electron chi connectivity index (χ4n) is 3.90. The van der Waals surface area contributed by atoms with E-state index in [1.165, 1.54) is 36.3 Å².